The molecule has 0 fully saturated rings. The summed E-state index contributed by atoms with van der Waals surface area (Å²) in [5.74, 6) is 0.322. The van der Waals surface area contributed by atoms with Gasteiger partial charge in [0.05, 0.1) is 0 Å². The molecular weight excluding hydrogens is 224 g/mol. The number of anilines is 1. The number of hydrogen-bond donors (Lipinski definition) is 3. The highest BCUT2D eigenvalue weighted by atomic mass is 16.6. The fourth-order valence-corrected chi connectivity index (χ4v) is 1.03. The molecule has 0 bridgehead atoms. The second kappa shape index (κ2) is 6.16. The van der Waals surface area contributed by atoms with Crippen molar-refractivity contribution in [1.29, 1.82) is 0 Å². The molecule has 0 aromatic heterocycles. The van der Waals surface area contributed by atoms with E-state index >= 15 is 0 Å². The van der Waals surface area contributed by atoms with Gasteiger partial charge in [0.25, 0.3) is 0 Å². The molecule has 1 aromatic rings. The number of amides is 2. The van der Waals surface area contributed by atoms with Crippen LogP contribution in [0.5, 0.6) is 5.75 Å². The zero-order valence-electron chi connectivity index (χ0n) is 8.97. The fraction of sp³-hybridized carbons (Fsp3) is 0.0909. The SMILES string of the molecule is C=CCNC(=O)Oc1ccc(NC(=O)O)cc1. The Morgan fingerprint density at radius 2 is 2.00 bits per heavy atom. The van der Waals surface area contributed by atoms with Crippen molar-refractivity contribution in [3.63, 3.8) is 0 Å². The zero-order chi connectivity index (χ0) is 12.7. The summed E-state index contributed by atoms with van der Waals surface area (Å²) in [4.78, 5) is 21.5. The maximum absolute atomic E-state index is 11.1. The van der Waals surface area contributed by atoms with Gasteiger partial charge in [0, 0.05) is 12.2 Å². The molecular formula is C11H12N2O4. The van der Waals surface area contributed by atoms with Crippen LogP contribution in [0.2, 0.25) is 0 Å². The first-order valence-electron chi connectivity index (χ1n) is 4.78. The van der Waals surface area contributed by atoms with E-state index in [1.807, 2.05) is 0 Å². The van der Waals surface area contributed by atoms with Gasteiger partial charge in [-0.15, -0.1) is 6.58 Å². The molecule has 0 radical (unpaired) electrons. The number of carboxylic acid groups (broad SMARTS) is 1. The standard InChI is InChI=1S/C11H12N2O4/c1-2-7-12-11(16)17-9-5-3-8(4-6-9)13-10(14)15/h2-6,13H,1,7H2,(H,12,16)(H,14,15). The number of carbonyl (C=O) groups is 2. The number of ether oxygens (including phenoxy) is 1. The molecule has 0 saturated heterocycles. The quantitative estimate of drug-likeness (QED) is 0.698. The molecule has 1 rings (SSSR count). The topological polar surface area (TPSA) is 87.7 Å². The third kappa shape index (κ3) is 4.70. The van der Waals surface area contributed by atoms with E-state index in [0.29, 0.717) is 18.0 Å². The van der Waals surface area contributed by atoms with Crippen LogP contribution in [-0.2, 0) is 0 Å². The molecule has 0 aliphatic heterocycles. The molecule has 6 nitrogen and oxygen atoms in total. The van der Waals surface area contributed by atoms with Gasteiger partial charge in [-0.2, -0.15) is 0 Å². The van der Waals surface area contributed by atoms with E-state index < -0.39 is 12.2 Å². The molecule has 0 aliphatic carbocycles. The van der Waals surface area contributed by atoms with Gasteiger partial charge >= 0.3 is 12.2 Å². The molecule has 17 heavy (non-hydrogen) atoms. The van der Waals surface area contributed by atoms with Crippen molar-refractivity contribution in [2.24, 2.45) is 0 Å². The zero-order valence-corrected chi connectivity index (χ0v) is 8.97. The van der Waals surface area contributed by atoms with Crippen molar-refractivity contribution >= 4 is 17.9 Å². The van der Waals surface area contributed by atoms with Gasteiger partial charge in [-0.3, -0.25) is 5.32 Å². The summed E-state index contributed by atoms with van der Waals surface area (Å²) in [6.45, 7) is 3.76. The van der Waals surface area contributed by atoms with E-state index in [-0.39, 0.29) is 0 Å². The average Bonchev–Trinajstić information content (AvgIpc) is 2.28. The summed E-state index contributed by atoms with van der Waals surface area (Å²) < 4.78 is 4.90. The molecule has 0 heterocycles. The highest BCUT2D eigenvalue weighted by molar-refractivity contribution is 5.82. The number of hydrogen-bond acceptors (Lipinski definition) is 3. The van der Waals surface area contributed by atoms with Gasteiger partial charge < -0.3 is 15.2 Å². The minimum Gasteiger partial charge on any atom is -0.465 e. The molecule has 2 amide bonds. The normalized spacial score (nSPS) is 9.18. The highest BCUT2D eigenvalue weighted by Crippen LogP contribution is 2.15. The maximum Gasteiger partial charge on any atom is 0.412 e. The van der Waals surface area contributed by atoms with E-state index in [2.05, 4.69) is 17.2 Å². The molecule has 1 aromatic carbocycles. The van der Waals surface area contributed by atoms with Crippen molar-refractivity contribution in [1.82, 2.24) is 5.32 Å². The Kier molecular flexibility index (Phi) is 4.56. The lowest BCUT2D eigenvalue weighted by Crippen LogP contribution is -2.26. The van der Waals surface area contributed by atoms with Crippen LogP contribution in [0.4, 0.5) is 15.3 Å². The highest BCUT2D eigenvalue weighted by Gasteiger charge is 2.03. The Morgan fingerprint density at radius 3 is 2.53 bits per heavy atom. The first-order chi connectivity index (χ1) is 8.11. The Balaban J connectivity index is 2.53. The van der Waals surface area contributed by atoms with Crippen LogP contribution in [0.3, 0.4) is 0 Å². The van der Waals surface area contributed by atoms with Gasteiger partial charge in [0.15, 0.2) is 0 Å². The molecule has 0 atom stereocenters. The van der Waals surface area contributed by atoms with Crippen LogP contribution in [0.15, 0.2) is 36.9 Å². The lowest BCUT2D eigenvalue weighted by molar-refractivity contribution is 0.201. The molecule has 90 valence electrons. The first kappa shape index (κ1) is 12.6. The van der Waals surface area contributed by atoms with Crippen molar-refractivity contribution in [2.45, 2.75) is 0 Å². The van der Waals surface area contributed by atoms with Crippen LogP contribution < -0.4 is 15.4 Å². The van der Waals surface area contributed by atoms with Gasteiger partial charge in [-0.05, 0) is 24.3 Å². The first-order valence-corrected chi connectivity index (χ1v) is 4.78. The van der Waals surface area contributed by atoms with E-state index in [4.69, 9.17) is 9.84 Å². The van der Waals surface area contributed by atoms with Crippen LogP contribution in [-0.4, -0.2) is 23.8 Å². The monoisotopic (exact) mass is 236 g/mol. The van der Waals surface area contributed by atoms with Crippen LogP contribution in [0.25, 0.3) is 0 Å². The molecule has 0 spiro atoms. The van der Waals surface area contributed by atoms with Gasteiger partial charge in [-0.1, -0.05) is 6.08 Å². The number of nitrogens with one attached hydrogen (secondary N) is 2. The molecule has 3 N–H and O–H groups in total. The molecule has 0 unspecified atom stereocenters. The smallest absolute Gasteiger partial charge is 0.412 e. The minimum absolute atomic E-state index is 0.317. The lowest BCUT2D eigenvalue weighted by Gasteiger charge is -2.05. The summed E-state index contributed by atoms with van der Waals surface area (Å²) in [5.41, 5.74) is 0.399. The Bertz CT molecular complexity index is 414. The summed E-state index contributed by atoms with van der Waals surface area (Å²) in [6.07, 6.45) is -0.215. The summed E-state index contributed by atoms with van der Waals surface area (Å²) in [6, 6.07) is 5.95. The van der Waals surface area contributed by atoms with E-state index in [1.165, 1.54) is 30.3 Å². The summed E-state index contributed by atoms with van der Waals surface area (Å²) in [7, 11) is 0. The van der Waals surface area contributed by atoms with Crippen molar-refractivity contribution in [3.8, 4) is 5.75 Å². The largest absolute Gasteiger partial charge is 0.465 e. The number of carbonyl (C=O) groups excluding carboxylic acids is 1. The predicted octanol–water partition coefficient (Wildman–Crippen LogP) is 2.05. The fourth-order valence-electron chi connectivity index (χ4n) is 1.03. The second-order valence-electron chi connectivity index (χ2n) is 3.01. The number of rotatable bonds is 4. The summed E-state index contributed by atoms with van der Waals surface area (Å²) >= 11 is 0. The number of benzene rings is 1. The lowest BCUT2D eigenvalue weighted by atomic mass is 10.3. The molecule has 6 heteroatoms. The van der Waals surface area contributed by atoms with Crippen LogP contribution >= 0.6 is 0 Å². The van der Waals surface area contributed by atoms with Crippen molar-refractivity contribution in [2.75, 3.05) is 11.9 Å². The van der Waals surface area contributed by atoms with E-state index in [1.54, 1.807) is 0 Å². The van der Waals surface area contributed by atoms with Gasteiger partial charge in [0.2, 0.25) is 0 Å². The van der Waals surface area contributed by atoms with Crippen LogP contribution in [0, 0.1) is 0 Å². The van der Waals surface area contributed by atoms with Gasteiger partial charge in [0.1, 0.15) is 5.75 Å². The molecule has 0 aliphatic rings. The van der Waals surface area contributed by atoms with E-state index in [0.717, 1.165) is 0 Å². The Hall–Kier alpha value is -2.50. The Labute approximate surface area is 97.9 Å². The van der Waals surface area contributed by atoms with Gasteiger partial charge in [-0.25, -0.2) is 9.59 Å². The summed E-state index contributed by atoms with van der Waals surface area (Å²) in [5, 5.41) is 13.1. The van der Waals surface area contributed by atoms with Crippen molar-refractivity contribution < 1.29 is 19.4 Å². The maximum atomic E-state index is 11.1. The van der Waals surface area contributed by atoms with Crippen molar-refractivity contribution in [3.05, 3.63) is 36.9 Å². The predicted molar refractivity (Wildman–Crippen MR) is 62.3 cm³/mol. The third-order valence-electron chi connectivity index (χ3n) is 1.71. The second-order valence-corrected chi connectivity index (χ2v) is 3.01. The average molecular weight is 236 g/mol. The van der Waals surface area contributed by atoms with E-state index in [9.17, 15) is 9.59 Å². The van der Waals surface area contributed by atoms with Crippen LogP contribution in [0.1, 0.15) is 0 Å². The minimum atomic E-state index is -1.15. The Morgan fingerprint density at radius 1 is 1.35 bits per heavy atom. The molecule has 0 saturated carbocycles. The third-order valence-corrected chi connectivity index (χ3v) is 1.71.